The van der Waals surface area contributed by atoms with Gasteiger partial charge in [0.2, 0.25) is 0 Å². The summed E-state index contributed by atoms with van der Waals surface area (Å²) in [4.78, 5) is 0. The number of hydrogen-bond donors (Lipinski definition) is 0. The Bertz CT molecular complexity index is 139. The van der Waals surface area contributed by atoms with E-state index in [2.05, 4.69) is 34.6 Å². The smallest absolute Gasteiger partial charge is 0.0360 e. The molecule has 0 rings (SSSR count). The Balaban J connectivity index is 4.31. The van der Waals surface area contributed by atoms with E-state index in [1.54, 1.807) is 0 Å². The Kier molecular flexibility index (Phi) is 10.2. The van der Waals surface area contributed by atoms with Gasteiger partial charge in [0.05, 0.1) is 0 Å². The fourth-order valence-corrected chi connectivity index (χ4v) is 3.17. The predicted octanol–water partition coefficient (Wildman–Crippen LogP) is 6.06. The topological polar surface area (TPSA) is 0 Å². The minimum absolute atomic E-state index is 0.937. The van der Waals surface area contributed by atoms with Crippen LogP contribution in [0.5, 0.6) is 0 Å². The maximum atomic E-state index is 2.48. The van der Waals surface area contributed by atoms with Crippen LogP contribution < -0.4 is 0 Å². The van der Waals surface area contributed by atoms with Crippen molar-refractivity contribution in [1.82, 2.24) is 0 Å². The van der Waals surface area contributed by atoms with E-state index in [1.807, 2.05) is 0 Å². The first kappa shape index (κ1) is 16.0. The van der Waals surface area contributed by atoms with Crippen molar-refractivity contribution in [2.24, 2.45) is 17.8 Å². The second-order valence-corrected chi connectivity index (χ2v) is 5.53. The zero-order valence-electron chi connectivity index (χ0n) is 12.4. The highest BCUT2D eigenvalue weighted by molar-refractivity contribution is 4.74. The van der Waals surface area contributed by atoms with E-state index in [0.29, 0.717) is 0 Å². The molecule has 0 aromatic heterocycles. The van der Waals surface area contributed by atoms with Crippen molar-refractivity contribution in [1.29, 1.82) is 0 Å². The van der Waals surface area contributed by atoms with E-state index < -0.39 is 0 Å². The fourth-order valence-electron chi connectivity index (χ4n) is 3.17. The van der Waals surface area contributed by atoms with Gasteiger partial charge in [-0.2, -0.15) is 0 Å². The van der Waals surface area contributed by atoms with E-state index in [1.165, 1.54) is 51.4 Å². The van der Waals surface area contributed by atoms with Gasteiger partial charge in [0, 0.05) is 0 Å². The standard InChI is InChI=1S/C16H34/c1-6-10-13-15(9-4)16(12-8-3)14(5)11-7-2/h14-16H,6-13H2,1-5H3. The monoisotopic (exact) mass is 226 g/mol. The van der Waals surface area contributed by atoms with Gasteiger partial charge in [-0.25, -0.2) is 0 Å². The third-order valence-corrected chi connectivity index (χ3v) is 4.16. The van der Waals surface area contributed by atoms with Crippen LogP contribution in [0, 0.1) is 17.8 Å². The molecule has 0 aliphatic carbocycles. The van der Waals surface area contributed by atoms with Crippen LogP contribution in [0.4, 0.5) is 0 Å². The molecular weight excluding hydrogens is 192 g/mol. The van der Waals surface area contributed by atoms with Gasteiger partial charge in [-0.05, 0) is 17.8 Å². The van der Waals surface area contributed by atoms with Crippen LogP contribution in [0.1, 0.15) is 86.0 Å². The molecular formula is C16H34. The van der Waals surface area contributed by atoms with Crippen molar-refractivity contribution in [3.8, 4) is 0 Å². The van der Waals surface area contributed by atoms with Crippen LogP contribution in [0.15, 0.2) is 0 Å². The van der Waals surface area contributed by atoms with Gasteiger partial charge in [-0.1, -0.05) is 86.0 Å². The second-order valence-electron chi connectivity index (χ2n) is 5.53. The normalized spacial score (nSPS) is 17.1. The summed E-state index contributed by atoms with van der Waals surface area (Å²) in [5, 5.41) is 0. The lowest BCUT2D eigenvalue weighted by molar-refractivity contribution is 0.192. The van der Waals surface area contributed by atoms with Crippen molar-refractivity contribution >= 4 is 0 Å². The first-order chi connectivity index (χ1) is 7.71. The molecule has 3 unspecified atom stereocenters. The average Bonchev–Trinajstić information content (AvgIpc) is 2.28. The Morgan fingerprint density at radius 1 is 0.750 bits per heavy atom. The Hall–Kier alpha value is 0. The van der Waals surface area contributed by atoms with Gasteiger partial charge in [-0.3, -0.25) is 0 Å². The van der Waals surface area contributed by atoms with Gasteiger partial charge < -0.3 is 0 Å². The SMILES string of the molecule is CCCCC(CC)C(CCC)C(C)CCC. The Morgan fingerprint density at radius 3 is 1.81 bits per heavy atom. The molecule has 0 saturated carbocycles. The molecule has 0 aromatic carbocycles. The summed E-state index contributed by atoms with van der Waals surface area (Å²) in [5.41, 5.74) is 0. The van der Waals surface area contributed by atoms with E-state index in [-0.39, 0.29) is 0 Å². The van der Waals surface area contributed by atoms with Gasteiger partial charge in [0.25, 0.3) is 0 Å². The zero-order chi connectivity index (χ0) is 12.4. The maximum absolute atomic E-state index is 2.48. The third kappa shape index (κ3) is 5.92. The second kappa shape index (κ2) is 10.2. The van der Waals surface area contributed by atoms with Crippen molar-refractivity contribution in [3.63, 3.8) is 0 Å². The molecule has 98 valence electrons. The number of rotatable bonds is 10. The van der Waals surface area contributed by atoms with Gasteiger partial charge in [0.1, 0.15) is 0 Å². The molecule has 16 heavy (non-hydrogen) atoms. The van der Waals surface area contributed by atoms with Crippen molar-refractivity contribution in [2.45, 2.75) is 86.0 Å². The Labute approximate surface area is 104 Å². The van der Waals surface area contributed by atoms with Crippen molar-refractivity contribution < 1.29 is 0 Å². The molecule has 0 amide bonds. The zero-order valence-corrected chi connectivity index (χ0v) is 12.4. The molecule has 3 atom stereocenters. The van der Waals surface area contributed by atoms with E-state index in [4.69, 9.17) is 0 Å². The summed E-state index contributed by atoms with van der Waals surface area (Å²) in [6.45, 7) is 11.9. The molecule has 0 saturated heterocycles. The van der Waals surface area contributed by atoms with E-state index in [9.17, 15) is 0 Å². The van der Waals surface area contributed by atoms with Crippen LogP contribution >= 0.6 is 0 Å². The lowest BCUT2D eigenvalue weighted by atomic mass is 9.74. The molecule has 0 heterocycles. The number of unbranched alkanes of at least 4 members (excludes halogenated alkanes) is 1. The third-order valence-electron chi connectivity index (χ3n) is 4.16. The lowest BCUT2D eigenvalue weighted by Crippen LogP contribution is -2.21. The van der Waals surface area contributed by atoms with E-state index >= 15 is 0 Å². The average molecular weight is 226 g/mol. The van der Waals surface area contributed by atoms with Crippen molar-refractivity contribution in [2.75, 3.05) is 0 Å². The summed E-state index contributed by atoms with van der Waals surface area (Å²) >= 11 is 0. The molecule has 0 aliphatic heterocycles. The summed E-state index contributed by atoms with van der Waals surface area (Å²) in [7, 11) is 0. The molecule has 0 aliphatic rings. The van der Waals surface area contributed by atoms with Gasteiger partial charge >= 0.3 is 0 Å². The minimum Gasteiger partial charge on any atom is -0.0654 e. The predicted molar refractivity (Wildman–Crippen MR) is 75.8 cm³/mol. The highest BCUT2D eigenvalue weighted by atomic mass is 14.3. The summed E-state index contributed by atoms with van der Waals surface area (Å²) in [6, 6.07) is 0. The first-order valence-electron chi connectivity index (χ1n) is 7.71. The molecule has 0 spiro atoms. The highest BCUT2D eigenvalue weighted by Gasteiger charge is 2.23. The maximum Gasteiger partial charge on any atom is -0.0360 e. The summed E-state index contributed by atoms with van der Waals surface area (Å²) < 4.78 is 0. The first-order valence-corrected chi connectivity index (χ1v) is 7.71. The van der Waals surface area contributed by atoms with Crippen LogP contribution in [-0.4, -0.2) is 0 Å². The van der Waals surface area contributed by atoms with Gasteiger partial charge in [-0.15, -0.1) is 0 Å². The Morgan fingerprint density at radius 2 is 1.38 bits per heavy atom. The molecule has 0 heteroatoms. The molecule has 0 N–H and O–H groups in total. The molecule has 0 fully saturated rings. The van der Waals surface area contributed by atoms with Crippen LogP contribution in [0.25, 0.3) is 0 Å². The highest BCUT2D eigenvalue weighted by Crippen LogP contribution is 2.34. The molecule has 0 bridgehead atoms. The summed E-state index contributed by atoms with van der Waals surface area (Å²) in [6.07, 6.45) is 11.2. The molecule has 0 nitrogen and oxygen atoms in total. The van der Waals surface area contributed by atoms with Crippen molar-refractivity contribution in [3.05, 3.63) is 0 Å². The number of hydrogen-bond acceptors (Lipinski definition) is 0. The fraction of sp³-hybridized carbons (Fsp3) is 1.00. The lowest BCUT2D eigenvalue weighted by Gasteiger charge is -2.31. The molecule has 0 aromatic rings. The quantitative estimate of drug-likeness (QED) is 0.425. The van der Waals surface area contributed by atoms with Crippen LogP contribution in [0.2, 0.25) is 0 Å². The van der Waals surface area contributed by atoms with E-state index in [0.717, 1.165) is 17.8 Å². The molecule has 0 radical (unpaired) electrons. The van der Waals surface area contributed by atoms with Crippen LogP contribution in [0.3, 0.4) is 0 Å². The largest absolute Gasteiger partial charge is 0.0654 e. The minimum atomic E-state index is 0.937. The van der Waals surface area contributed by atoms with Gasteiger partial charge in [0.15, 0.2) is 0 Å². The van der Waals surface area contributed by atoms with Crippen LogP contribution in [-0.2, 0) is 0 Å². The summed E-state index contributed by atoms with van der Waals surface area (Å²) in [5.74, 6) is 2.91.